The van der Waals surface area contributed by atoms with E-state index in [2.05, 4.69) is 74.5 Å². The molecule has 6 heteroatoms. The lowest BCUT2D eigenvalue weighted by molar-refractivity contribution is -1.02. The fourth-order valence-electron chi connectivity index (χ4n) is 3.46. The molecule has 0 saturated carbocycles. The highest BCUT2D eigenvalue weighted by Crippen LogP contribution is 2.22. The van der Waals surface area contributed by atoms with Crippen molar-refractivity contribution in [2.45, 2.75) is 39.3 Å². The molecule has 0 radical (unpaired) electrons. The van der Waals surface area contributed by atoms with Crippen LogP contribution in [0.2, 0.25) is 0 Å². The zero-order valence-corrected chi connectivity index (χ0v) is 15.5. The Balaban J connectivity index is 2.02. The number of likely N-dealkylation sites (N-methyl/N-ethyl adjacent to an activating group) is 1. The molecule has 0 amide bonds. The highest BCUT2D eigenvalue weighted by Gasteiger charge is 2.36. The fourth-order valence-corrected chi connectivity index (χ4v) is 3.46. The number of quaternary nitrogens is 2. The van der Waals surface area contributed by atoms with Crippen LogP contribution in [-0.4, -0.2) is 53.4 Å². The summed E-state index contributed by atoms with van der Waals surface area (Å²) in [5.74, 6) is 0.973. The van der Waals surface area contributed by atoms with Gasteiger partial charge >= 0.3 is 0 Å². The van der Waals surface area contributed by atoms with Gasteiger partial charge in [-0.25, -0.2) is 4.68 Å². The second kappa shape index (κ2) is 6.61. The SMILES string of the molecule is Cc1ccc([C@H](c2nnnn2C(C)(C)C)[NH+]2CC[NH+](C)CC2)cc1. The molecule has 0 unspecified atom stereocenters. The topological polar surface area (TPSA) is 52.5 Å². The molecule has 6 nitrogen and oxygen atoms in total. The van der Waals surface area contributed by atoms with Crippen LogP contribution in [0, 0.1) is 6.92 Å². The summed E-state index contributed by atoms with van der Waals surface area (Å²) in [6, 6.07) is 9.04. The summed E-state index contributed by atoms with van der Waals surface area (Å²) in [6.07, 6.45) is 0. The monoisotopic (exact) mass is 330 g/mol. The molecular formula is C18H30N6+2. The van der Waals surface area contributed by atoms with Gasteiger partial charge in [0.05, 0.1) is 12.6 Å². The number of benzene rings is 1. The van der Waals surface area contributed by atoms with Crippen LogP contribution in [0.5, 0.6) is 0 Å². The zero-order valence-electron chi connectivity index (χ0n) is 15.5. The average molecular weight is 330 g/mol. The normalized spacial score (nSPS) is 23.2. The van der Waals surface area contributed by atoms with E-state index in [0.717, 1.165) is 18.9 Å². The summed E-state index contributed by atoms with van der Waals surface area (Å²) in [5.41, 5.74) is 2.46. The van der Waals surface area contributed by atoms with Gasteiger partial charge in [0.15, 0.2) is 6.04 Å². The van der Waals surface area contributed by atoms with E-state index in [9.17, 15) is 0 Å². The number of hydrogen-bond donors (Lipinski definition) is 2. The summed E-state index contributed by atoms with van der Waals surface area (Å²) in [5, 5.41) is 12.8. The average Bonchev–Trinajstić information content (AvgIpc) is 3.01. The molecule has 1 aliphatic heterocycles. The number of piperazine rings is 1. The Kier molecular flexibility index (Phi) is 4.69. The largest absolute Gasteiger partial charge is 0.328 e. The molecule has 3 rings (SSSR count). The summed E-state index contributed by atoms with van der Waals surface area (Å²) < 4.78 is 2.00. The molecule has 24 heavy (non-hydrogen) atoms. The minimum absolute atomic E-state index is 0.126. The third-order valence-corrected chi connectivity index (χ3v) is 4.95. The van der Waals surface area contributed by atoms with E-state index in [1.165, 1.54) is 24.2 Å². The fraction of sp³-hybridized carbons (Fsp3) is 0.611. The number of tetrazole rings is 1. The van der Waals surface area contributed by atoms with Gasteiger partial charge in [-0.3, -0.25) is 0 Å². The molecule has 1 aromatic heterocycles. The van der Waals surface area contributed by atoms with Crippen LogP contribution >= 0.6 is 0 Å². The van der Waals surface area contributed by atoms with Crippen molar-refractivity contribution in [1.82, 2.24) is 20.2 Å². The molecule has 1 atom stereocenters. The summed E-state index contributed by atoms with van der Waals surface area (Å²) in [4.78, 5) is 3.17. The first-order valence-electron chi connectivity index (χ1n) is 8.87. The van der Waals surface area contributed by atoms with E-state index in [4.69, 9.17) is 0 Å². The van der Waals surface area contributed by atoms with Gasteiger partial charge in [0.2, 0.25) is 5.82 Å². The van der Waals surface area contributed by atoms with Crippen LogP contribution in [0.4, 0.5) is 0 Å². The van der Waals surface area contributed by atoms with Crippen LogP contribution in [0.15, 0.2) is 24.3 Å². The molecule has 1 fully saturated rings. The predicted octanol–water partition coefficient (Wildman–Crippen LogP) is -0.761. The van der Waals surface area contributed by atoms with E-state index in [-0.39, 0.29) is 11.6 Å². The van der Waals surface area contributed by atoms with Crippen molar-refractivity contribution in [1.29, 1.82) is 0 Å². The van der Waals surface area contributed by atoms with Gasteiger partial charge in [0.25, 0.3) is 0 Å². The molecule has 2 N–H and O–H groups in total. The highest BCUT2D eigenvalue weighted by atomic mass is 15.6. The Labute approximate surface area is 144 Å². The van der Waals surface area contributed by atoms with Crippen molar-refractivity contribution in [3.8, 4) is 0 Å². The van der Waals surface area contributed by atoms with Crippen molar-refractivity contribution in [2.24, 2.45) is 0 Å². The number of nitrogens with zero attached hydrogens (tertiary/aromatic N) is 4. The Morgan fingerprint density at radius 1 is 1.04 bits per heavy atom. The van der Waals surface area contributed by atoms with Gasteiger partial charge in [-0.1, -0.05) is 29.8 Å². The number of nitrogens with one attached hydrogen (secondary N) is 2. The van der Waals surface area contributed by atoms with Crippen molar-refractivity contribution < 1.29 is 9.80 Å². The third-order valence-electron chi connectivity index (χ3n) is 4.95. The quantitative estimate of drug-likeness (QED) is 0.778. The maximum atomic E-state index is 4.45. The van der Waals surface area contributed by atoms with Crippen LogP contribution in [0.25, 0.3) is 0 Å². The summed E-state index contributed by atoms with van der Waals surface area (Å²) in [7, 11) is 2.27. The van der Waals surface area contributed by atoms with Crippen LogP contribution in [0.1, 0.15) is 43.8 Å². The first kappa shape index (κ1) is 17.0. The van der Waals surface area contributed by atoms with E-state index < -0.39 is 0 Å². The first-order valence-corrected chi connectivity index (χ1v) is 8.87. The predicted molar refractivity (Wildman–Crippen MR) is 93.2 cm³/mol. The standard InChI is InChI=1S/C18H28N6/c1-14-6-8-15(9-7-14)16(23-12-10-22(5)11-13-23)17-19-20-21-24(17)18(2,3)4/h6-9,16H,10-13H2,1-5H3/p+2/t16-/m1/s1. The van der Waals surface area contributed by atoms with Crippen LogP contribution < -0.4 is 9.80 Å². The van der Waals surface area contributed by atoms with E-state index in [0.29, 0.717) is 0 Å². The molecule has 2 aromatic rings. The van der Waals surface area contributed by atoms with Crippen LogP contribution in [0.3, 0.4) is 0 Å². The van der Waals surface area contributed by atoms with Gasteiger partial charge < -0.3 is 9.80 Å². The Morgan fingerprint density at radius 2 is 1.67 bits per heavy atom. The van der Waals surface area contributed by atoms with Gasteiger partial charge in [-0.15, -0.1) is 5.10 Å². The van der Waals surface area contributed by atoms with Crippen molar-refractivity contribution >= 4 is 0 Å². The molecule has 1 aromatic carbocycles. The van der Waals surface area contributed by atoms with Gasteiger partial charge in [-0.2, -0.15) is 0 Å². The lowest BCUT2D eigenvalue weighted by Crippen LogP contribution is -3.27. The molecule has 0 spiro atoms. The minimum atomic E-state index is -0.126. The Morgan fingerprint density at radius 3 is 2.25 bits per heavy atom. The molecule has 1 aliphatic rings. The number of rotatable bonds is 3. The van der Waals surface area contributed by atoms with E-state index >= 15 is 0 Å². The maximum absolute atomic E-state index is 4.45. The number of aromatic nitrogens is 4. The Bertz CT molecular complexity index is 662. The Hall–Kier alpha value is -1.79. The van der Waals surface area contributed by atoms with Crippen molar-refractivity contribution in [2.75, 3.05) is 33.2 Å². The molecular weight excluding hydrogens is 300 g/mol. The van der Waals surface area contributed by atoms with Gasteiger partial charge in [0.1, 0.15) is 26.2 Å². The number of aryl methyl sites for hydroxylation is 1. The smallest absolute Gasteiger partial charge is 0.214 e. The lowest BCUT2D eigenvalue weighted by Gasteiger charge is -2.34. The highest BCUT2D eigenvalue weighted by molar-refractivity contribution is 5.26. The van der Waals surface area contributed by atoms with E-state index in [1.54, 1.807) is 9.80 Å². The van der Waals surface area contributed by atoms with E-state index in [1.807, 2.05) is 4.68 Å². The summed E-state index contributed by atoms with van der Waals surface area (Å²) >= 11 is 0. The summed E-state index contributed by atoms with van der Waals surface area (Å²) in [6.45, 7) is 13.3. The molecule has 0 aliphatic carbocycles. The molecule has 0 bridgehead atoms. The van der Waals surface area contributed by atoms with Gasteiger partial charge in [-0.05, 0) is 38.1 Å². The lowest BCUT2D eigenvalue weighted by atomic mass is 10.0. The maximum Gasteiger partial charge on any atom is 0.214 e. The van der Waals surface area contributed by atoms with Crippen molar-refractivity contribution in [3.63, 3.8) is 0 Å². The third kappa shape index (κ3) is 3.49. The van der Waals surface area contributed by atoms with Crippen molar-refractivity contribution in [3.05, 3.63) is 41.2 Å². The van der Waals surface area contributed by atoms with Gasteiger partial charge in [0, 0.05) is 5.56 Å². The molecule has 130 valence electrons. The zero-order chi connectivity index (χ0) is 17.3. The second-order valence-electron chi connectivity index (χ2n) is 8.08. The molecule has 1 saturated heterocycles. The van der Waals surface area contributed by atoms with Crippen LogP contribution in [-0.2, 0) is 5.54 Å². The number of hydrogen-bond acceptors (Lipinski definition) is 3. The first-order chi connectivity index (χ1) is 11.4. The minimum Gasteiger partial charge on any atom is -0.328 e. The molecule has 2 heterocycles. The second-order valence-corrected chi connectivity index (χ2v) is 8.08.